The van der Waals surface area contributed by atoms with Crippen LogP contribution in [-0.4, -0.2) is 16.0 Å². The quantitative estimate of drug-likeness (QED) is 0.302. The molecule has 148 valence electrons. The topological polar surface area (TPSA) is 29.0 Å². The first-order valence-corrected chi connectivity index (χ1v) is 11.0. The number of benzene rings is 2. The molecular formula is C23H21Cl2N3S. The molecule has 0 bridgehead atoms. The second kappa shape index (κ2) is 8.31. The largest absolute Gasteiger partial charge is 0.349 e. The highest BCUT2D eigenvalue weighted by molar-refractivity contribution is 7.19. The van der Waals surface area contributed by atoms with Crippen molar-refractivity contribution in [1.82, 2.24) is 9.97 Å². The number of hydrogen-bond acceptors (Lipinski definition) is 4. The van der Waals surface area contributed by atoms with E-state index in [1.807, 2.05) is 30.3 Å². The Hall–Kier alpha value is -2.14. The van der Waals surface area contributed by atoms with Crippen molar-refractivity contribution in [2.75, 3.05) is 4.90 Å². The first-order valence-electron chi connectivity index (χ1n) is 9.47. The summed E-state index contributed by atoms with van der Waals surface area (Å²) < 4.78 is 0. The lowest BCUT2D eigenvalue weighted by atomic mass is 10.0. The minimum atomic E-state index is 0.239. The van der Waals surface area contributed by atoms with Crippen LogP contribution < -0.4 is 4.90 Å². The van der Waals surface area contributed by atoms with E-state index in [0.717, 1.165) is 38.7 Å². The molecule has 0 amide bonds. The summed E-state index contributed by atoms with van der Waals surface area (Å²) in [5.41, 5.74) is 3.48. The van der Waals surface area contributed by atoms with E-state index in [1.54, 1.807) is 11.3 Å². The van der Waals surface area contributed by atoms with Crippen LogP contribution in [-0.2, 0) is 6.54 Å². The number of hydrogen-bond donors (Lipinski definition) is 0. The van der Waals surface area contributed by atoms with Crippen molar-refractivity contribution >= 4 is 50.6 Å². The fraction of sp³-hybridized carbons (Fsp3) is 0.217. The molecule has 2 heterocycles. The first-order chi connectivity index (χ1) is 13.9. The van der Waals surface area contributed by atoms with Crippen LogP contribution >= 0.6 is 34.5 Å². The van der Waals surface area contributed by atoms with Gasteiger partial charge in [-0.15, -0.1) is 11.3 Å². The molecule has 29 heavy (non-hydrogen) atoms. The highest BCUT2D eigenvalue weighted by Crippen LogP contribution is 2.43. The fourth-order valence-electron chi connectivity index (χ4n) is 3.52. The summed E-state index contributed by atoms with van der Waals surface area (Å²) in [4.78, 5) is 13.6. The second-order valence-corrected chi connectivity index (χ2v) is 9.22. The summed E-state index contributed by atoms with van der Waals surface area (Å²) >= 11 is 14.1. The minimum absolute atomic E-state index is 0.239. The van der Waals surface area contributed by atoms with Crippen LogP contribution in [0.3, 0.4) is 0 Å². The second-order valence-electron chi connectivity index (χ2n) is 7.24. The molecule has 3 nitrogen and oxygen atoms in total. The Bertz CT molecular complexity index is 1140. The van der Waals surface area contributed by atoms with Crippen molar-refractivity contribution in [3.05, 3.63) is 75.3 Å². The van der Waals surface area contributed by atoms with Gasteiger partial charge in [-0.2, -0.15) is 4.98 Å². The van der Waals surface area contributed by atoms with E-state index in [0.29, 0.717) is 0 Å². The van der Waals surface area contributed by atoms with Gasteiger partial charge in [-0.1, -0.05) is 54.1 Å². The van der Waals surface area contributed by atoms with Gasteiger partial charge in [-0.05, 0) is 55.6 Å². The molecule has 2 aromatic carbocycles. The molecular weight excluding hydrogens is 421 g/mol. The third-order valence-corrected chi connectivity index (χ3v) is 6.33. The van der Waals surface area contributed by atoms with Crippen LogP contribution in [0.25, 0.3) is 21.3 Å². The van der Waals surface area contributed by atoms with Gasteiger partial charge < -0.3 is 4.90 Å². The lowest BCUT2D eigenvalue weighted by molar-refractivity contribution is 0.675. The maximum absolute atomic E-state index is 6.34. The fourth-order valence-corrected chi connectivity index (χ4v) is 4.90. The van der Waals surface area contributed by atoms with Crippen LogP contribution in [0.2, 0.25) is 10.3 Å². The molecule has 0 N–H and O–H groups in total. The number of halogens is 2. The molecule has 0 atom stereocenters. The monoisotopic (exact) mass is 441 g/mol. The van der Waals surface area contributed by atoms with E-state index in [9.17, 15) is 0 Å². The summed E-state index contributed by atoms with van der Waals surface area (Å²) in [5.74, 6) is 0.869. The number of fused-ring (bicyclic) bond motifs is 1. The molecule has 0 aliphatic heterocycles. The van der Waals surface area contributed by atoms with Crippen LogP contribution in [0.15, 0.2) is 54.6 Å². The normalized spacial score (nSPS) is 11.4. The molecule has 4 rings (SSSR count). The summed E-state index contributed by atoms with van der Waals surface area (Å²) in [6.07, 6.45) is 0. The third kappa shape index (κ3) is 4.11. The third-order valence-electron chi connectivity index (χ3n) is 4.91. The molecule has 0 aliphatic rings. The molecule has 0 fully saturated rings. The number of rotatable bonds is 5. The minimum Gasteiger partial charge on any atom is -0.349 e. The van der Waals surface area contributed by atoms with Gasteiger partial charge >= 0.3 is 0 Å². The van der Waals surface area contributed by atoms with Crippen LogP contribution in [0, 0.1) is 6.92 Å². The van der Waals surface area contributed by atoms with Gasteiger partial charge in [0.05, 0.1) is 5.39 Å². The summed E-state index contributed by atoms with van der Waals surface area (Å²) in [6, 6.07) is 18.6. The molecule has 2 aromatic heterocycles. The zero-order chi connectivity index (χ0) is 20.5. The van der Waals surface area contributed by atoms with Gasteiger partial charge in [0.1, 0.15) is 10.6 Å². The highest BCUT2D eigenvalue weighted by Gasteiger charge is 2.23. The van der Waals surface area contributed by atoms with Crippen molar-refractivity contribution in [2.24, 2.45) is 0 Å². The van der Waals surface area contributed by atoms with Crippen molar-refractivity contribution < 1.29 is 0 Å². The van der Waals surface area contributed by atoms with Crippen LogP contribution in [0.1, 0.15) is 24.3 Å². The Kier molecular flexibility index (Phi) is 5.77. The average Bonchev–Trinajstić information content (AvgIpc) is 3.02. The van der Waals surface area contributed by atoms with Gasteiger partial charge in [0.25, 0.3) is 0 Å². The van der Waals surface area contributed by atoms with Crippen molar-refractivity contribution in [2.45, 2.75) is 33.4 Å². The van der Waals surface area contributed by atoms with E-state index in [2.05, 4.69) is 54.9 Å². The maximum Gasteiger partial charge on any atom is 0.225 e. The average molecular weight is 442 g/mol. The molecule has 6 heteroatoms. The van der Waals surface area contributed by atoms with E-state index in [1.165, 1.54) is 10.4 Å². The van der Waals surface area contributed by atoms with Gasteiger partial charge in [-0.3, -0.25) is 0 Å². The summed E-state index contributed by atoms with van der Waals surface area (Å²) in [7, 11) is 0. The molecule has 0 unspecified atom stereocenters. The number of aryl methyl sites for hydroxylation is 1. The SMILES string of the molecule is Cc1sc2nc(Cl)nc(N(Cc3ccccc3)C(C)C)c2c1-c1ccc(Cl)cc1. The van der Waals surface area contributed by atoms with Crippen LogP contribution in [0.5, 0.6) is 0 Å². The zero-order valence-corrected chi connectivity index (χ0v) is 18.8. The number of aromatic nitrogens is 2. The van der Waals surface area contributed by atoms with E-state index in [4.69, 9.17) is 28.2 Å². The molecule has 0 radical (unpaired) electrons. The first kappa shape index (κ1) is 20.1. The predicted molar refractivity (Wildman–Crippen MR) is 125 cm³/mol. The van der Waals surface area contributed by atoms with E-state index < -0.39 is 0 Å². The highest BCUT2D eigenvalue weighted by atomic mass is 35.5. The molecule has 4 aromatic rings. The van der Waals surface area contributed by atoms with Gasteiger partial charge in [0.15, 0.2) is 0 Å². The Morgan fingerprint density at radius 2 is 1.66 bits per heavy atom. The Morgan fingerprint density at radius 3 is 2.31 bits per heavy atom. The van der Waals surface area contributed by atoms with Crippen LogP contribution in [0.4, 0.5) is 5.82 Å². The Morgan fingerprint density at radius 1 is 0.966 bits per heavy atom. The summed E-state index contributed by atoms with van der Waals surface area (Å²) in [5, 5.41) is 2.04. The summed E-state index contributed by atoms with van der Waals surface area (Å²) in [6.45, 7) is 7.21. The molecule has 0 saturated heterocycles. The van der Waals surface area contributed by atoms with Gasteiger partial charge in [0.2, 0.25) is 5.28 Å². The molecule has 0 saturated carbocycles. The molecule has 0 aliphatic carbocycles. The maximum atomic E-state index is 6.34. The van der Waals surface area contributed by atoms with Gasteiger partial charge in [-0.25, -0.2) is 4.98 Å². The van der Waals surface area contributed by atoms with Crippen molar-refractivity contribution in [3.8, 4) is 11.1 Å². The number of thiophene rings is 1. The Labute approximate surface area is 184 Å². The lowest BCUT2D eigenvalue weighted by Crippen LogP contribution is -2.31. The zero-order valence-electron chi connectivity index (χ0n) is 16.5. The standard InChI is InChI=1S/C23H21Cl2N3S/c1-14(2)28(13-16-7-5-4-6-8-16)21-20-19(17-9-11-18(24)12-10-17)15(3)29-22(20)27-23(25)26-21/h4-12,14H,13H2,1-3H3. The number of nitrogens with zero attached hydrogens (tertiary/aromatic N) is 3. The van der Waals surface area contributed by atoms with Crippen molar-refractivity contribution in [1.29, 1.82) is 0 Å². The van der Waals surface area contributed by atoms with E-state index in [-0.39, 0.29) is 11.3 Å². The predicted octanol–water partition coefficient (Wildman–Crippen LogP) is 7.39. The number of anilines is 1. The van der Waals surface area contributed by atoms with Gasteiger partial charge in [0, 0.05) is 28.0 Å². The Balaban J connectivity index is 1.93. The van der Waals surface area contributed by atoms with Crippen molar-refractivity contribution in [3.63, 3.8) is 0 Å². The molecule has 0 spiro atoms. The smallest absolute Gasteiger partial charge is 0.225 e. The lowest BCUT2D eigenvalue weighted by Gasteiger charge is -2.29. The van der Waals surface area contributed by atoms with E-state index >= 15 is 0 Å².